The van der Waals surface area contributed by atoms with Crippen molar-refractivity contribution >= 4 is 15.7 Å². The Morgan fingerprint density at radius 3 is 2.48 bits per heavy atom. The van der Waals surface area contributed by atoms with E-state index in [1.165, 1.54) is 11.8 Å². The van der Waals surface area contributed by atoms with Gasteiger partial charge in [-0.15, -0.1) is 0 Å². The fourth-order valence-corrected chi connectivity index (χ4v) is 4.76. The van der Waals surface area contributed by atoms with Crippen molar-refractivity contribution in [2.45, 2.75) is 51.0 Å². The molecule has 0 saturated carbocycles. The zero-order valence-electron chi connectivity index (χ0n) is 17.2. The molecule has 0 bridgehead atoms. The minimum Gasteiger partial charge on any atom is -0.486 e. The minimum absolute atomic E-state index is 0.0654. The number of nitrogen functional groups attached to an aromatic ring is 1. The molecule has 2 aromatic rings. The van der Waals surface area contributed by atoms with Crippen LogP contribution in [-0.2, 0) is 21.9 Å². The van der Waals surface area contributed by atoms with E-state index in [0.29, 0.717) is 22.9 Å². The van der Waals surface area contributed by atoms with Gasteiger partial charge in [0.25, 0.3) is 0 Å². The van der Waals surface area contributed by atoms with Crippen LogP contribution in [0, 0.1) is 5.92 Å². The van der Waals surface area contributed by atoms with Crippen LogP contribution in [0.1, 0.15) is 45.5 Å². The van der Waals surface area contributed by atoms with Crippen LogP contribution in [0.3, 0.4) is 0 Å². The van der Waals surface area contributed by atoms with Crippen molar-refractivity contribution in [3.05, 3.63) is 65.0 Å². The number of nitrogens with two attached hydrogens (primary N) is 1. The summed E-state index contributed by atoms with van der Waals surface area (Å²) in [7, 11) is -3.73. The monoisotopic (exact) mass is 413 g/mol. The van der Waals surface area contributed by atoms with Crippen molar-refractivity contribution in [2.24, 2.45) is 5.92 Å². The SMILES string of the molecule is C[C@@H]1CC=CC=C1S(=O)(=O)c1cnc(COc2ccc(C(C)(C)C)cc2)nc1N. The van der Waals surface area contributed by atoms with Crippen molar-refractivity contribution in [2.75, 3.05) is 5.73 Å². The molecule has 6 nitrogen and oxygen atoms in total. The largest absolute Gasteiger partial charge is 0.486 e. The summed E-state index contributed by atoms with van der Waals surface area (Å²) in [6.07, 6.45) is 7.24. The van der Waals surface area contributed by atoms with Crippen LogP contribution in [0.25, 0.3) is 0 Å². The number of anilines is 1. The standard InChI is InChI=1S/C22H27N3O3S/c1-15-7-5-6-8-18(15)29(26,27)19-13-24-20(25-21(19)23)14-28-17-11-9-16(10-12-17)22(2,3)4/h5-6,8-13,15H,7,14H2,1-4H3,(H2,23,24,25)/t15-/m1/s1. The first kappa shape index (κ1) is 21.0. The average Bonchev–Trinajstić information content (AvgIpc) is 2.66. The predicted molar refractivity (Wildman–Crippen MR) is 114 cm³/mol. The average molecular weight is 414 g/mol. The third-order valence-electron chi connectivity index (χ3n) is 4.89. The van der Waals surface area contributed by atoms with E-state index in [1.807, 2.05) is 37.3 Å². The van der Waals surface area contributed by atoms with Crippen molar-refractivity contribution in [3.63, 3.8) is 0 Å². The Hall–Kier alpha value is -2.67. The number of allylic oxidation sites excluding steroid dienone is 4. The van der Waals surface area contributed by atoms with Gasteiger partial charge in [-0.1, -0.05) is 52.0 Å². The maximum Gasteiger partial charge on any atom is 0.208 e. The molecule has 1 atom stereocenters. The molecular weight excluding hydrogens is 386 g/mol. The lowest BCUT2D eigenvalue weighted by Crippen LogP contribution is -2.16. The van der Waals surface area contributed by atoms with Crippen LogP contribution in [0.5, 0.6) is 5.75 Å². The van der Waals surface area contributed by atoms with Gasteiger partial charge in [-0.3, -0.25) is 0 Å². The van der Waals surface area contributed by atoms with Crippen LogP contribution in [0.4, 0.5) is 5.82 Å². The molecule has 0 fully saturated rings. The molecule has 0 amide bonds. The summed E-state index contributed by atoms with van der Waals surface area (Å²) in [5, 5.41) is 0. The molecule has 0 radical (unpaired) electrons. The summed E-state index contributed by atoms with van der Waals surface area (Å²) in [4.78, 5) is 8.57. The zero-order valence-corrected chi connectivity index (χ0v) is 18.0. The molecule has 1 aliphatic carbocycles. The van der Waals surface area contributed by atoms with E-state index < -0.39 is 9.84 Å². The van der Waals surface area contributed by atoms with Crippen molar-refractivity contribution in [1.82, 2.24) is 9.97 Å². The lowest BCUT2D eigenvalue weighted by atomic mass is 9.87. The number of ether oxygens (including phenoxy) is 1. The van der Waals surface area contributed by atoms with E-state index in [9.17, 15) is 8.42 Å². The lowest BCUT2D eigenvalue weighted by molar-refractivity contribution is 0.295. The number of nitrogens with zero attached hydrogens (tertiary/aromatic N) is 2. The fourth-order valence-electron chi connectivity index (χ4n) is 3.11. The van der Waals surface area contributed by atoms with Gasteiger partial charge in [-0.25, -0.2) is 18.4 Å². The van der Waals surface area contributed by atoms with Gasteiger partial charge in [0, 0.05) is 0 Å². The second kappa shape index (κ2) is 7.99. The molecule has 154 valence electrons. The number of rotatable bonds is 5. The van der Waals surface area contributed by atoms with Gasteiger partial charge in [0.1, 0.15) is 23.1 Å². The normalized spacial score (nSPS) is 17.1. The number of aromatic nitrogens is 2. The van der Waals surface area contributed by atoms with Crippen LogP contribution in [0.2, 0.25) is 0 Å². The van der Waals surface area contributed by atoms with Gasteiger partial charge in [0.15, 0.2) is 5.82 Å². The first-order valence-electron chi connectivity index (χ1n) is 9.55. The quantitative estimate of drug-likeness (QED) is 0.790. The molecule has 0 saturated heterocycles. The first-order chi connectivity index (χ1) is 13.6. The third kappa shape index (κ3) is 4.67. The highest BCUT2D eigenvalue weighted by molar-refractivity contribution is 7.95. The van der Waals surface area contributed by atoms with Gasteiger partial charge in [0.05, 0.1) is 11.1 Å². The second-order valence-corrected chi connectivity index (χ2v) is 10.2. The molecule has 0 unspecified atom stereocenters. The maximum absolute atomic E-state index is 12.9. The Bertz CT molecular complexity index is 1050. The Balaban J connectivity index is 1.75. The topological polar surface area (TPSA) is 95.2 Å². The van der Waals surface area contributed by atoms with E-state index in [4.69, 9.17) is 10.5 Å². The van der Waals surface area contributed by atoms with Gasteiger partial charge < -0.3 is 10.5 Å². The van der Waals surface area contributed by atoms with Gasteiger partial charge in [-0.05, 0) is 41.5 Å². The number of sulfone groups is 1. The van der Waals surface area contributed by atoms with E-state index in [-0.39, 0.29) is 28.7 Å². The lowest BCUT2D eigenvalue weighted by Gasteiger charge is -2.19. The Labute approximate surface area is 172 Å². The first-order valence-corrected chi connectivity index (χ1v) is 11.0. The van der Waals surface area contributed by atoms with Crippen LogP contribution in [0.15, 0.2) is 58.5 Å². The summed E-state index contributed by atoms with van der Waals surface area (Å²) in [5.74, 6) is 0.838. The highest BCUT2D eigenvalue weighted by atomic mass is 32.2. The summed E-state index contributed by atoms with van der Waals surface area (Å²) < 4.78 is 31.6. The highest BCUT2D eigenvalue weighted by Gasteiger charge is 2.29. The highest BCUT2D eigenvalue weighted by Crippen LogP contribution is 2.32. The third-order valence-corrected chi connectivity index (χ3v) is 6.95. The Morgan fingerprint density at radius 2 is 1.90 bits per heavy atom. The second-order valence-electron chi connectivity index (χ2n) is 8.24. The maximum atomic E-state index is 12.9. The molecule has 0 aliphatic heterocycles. The minimum atomic E-state index is -3.73. The molecule has 1 heterocycles. The number of hydrogen-bond acceptors (Lipinski definition) is 6. The molecular formula is C22H27N3O3S. The van der Waals surface area contributed by atoms with Gasteiger partial charge >= 0.3 is 0 Å². The van der Waals surface area contributed by atoms with E-state index in [0.717, 1.165) is 0 Å². The van der Waals surface area contributed by atoms with Crippen molar-refractivity contribution in [3.8, 4) is 5.75 Å². The summed E-state index contributed by atoms with van der Waals surface area (Å²) in [6, 6.07) is 7.84. The molecule has 7 heteroatoms. The predicted octanol–water partition coefficient (Wildman–Crippen LogP) is 4.19. The van der Waals surface area contributed by atoms with Crippen LogP contribution >= 0.6 is 0 Å². The molecule has 1 aromatic heterocycles. The molecule has 2 N–H and O–H groups in total. The smallest absolute Gasteiger partial charge is 0.208 e. The van der Waals surface area contributed by atoms with Crippen LogP contribution in [-0.4, -0.2) is 18.4 Å². The zero-order chi connectivity index (χ0) is 21.2. The van der Waals surface area contributed by atoms with E-state index >= 15 is 0 Å². The molecule has 1 aromatic carbocycles. The van der Waals surface area contributed by atoms with Crippen molar-refractivity contribution < 1.29 is 13.2 Å². The Morgan fingerprint density at radius 1 is 1.21 bits per heavy atom. The molecule has 1 aliphatic rings. The summed E-state index contributed by atoms with van der Waals surface area (Å²) in [6.45, 7) is 8.42. The van der Waals surface area contributed by atoms with E-state index in [2.05, 4.69) is 30.7 Å². The Kier molecular flexibility index (Phi) is 5.80. The van der Waals surface area contributed by atoms with Crippen molar-refractivity contribution in [1.29, 1.82) is 0 Å². The summed E-state index contributed by atoms with van der Waals surface area (Å²) >= 11 is 0. The molecule has 3 rings (SSSR count). The van der Waals surface area contributed by atoms with Crippen LogP contribution < -0.4 is 10.5 Å². The number of benzene rings is 1. The summed E-state index contributed by atoms with van der Waals surface area (Å²) in [5.41, 5.74) is 7.24. The van der Waals surface area contributed by atoms with Gasteiger partial charge in [0.2, 0.25) is 9.84 Å². The van der Waals surface area contributed by atoms with E-state index in [1.54, 1.807) is 12.2 Å². The van der Waals surface area contributed by atoms with Gasteiger partial charge in [-0.2, -0.15) is 0 Å². The molecule has 29 heavy (non-hydrogen) atoms. The number of hydrogen-bond donors (Lipinski definition) is 1. The fraction of sp³-hybridized carbons (Fsp3) is 0.364. The molecule has 0 spiro atoms.